The number of fused-ring (bicyclic) bond motifs is 1. The van der Waals surface area contributed by atoms with Crippen LogP contribution in [-0.4, -0.2) is 40.0 Å². The summed E-state index contributed by atoms with van der Waals surface area (Å²) in [5.74, 6) is 1.95. The first-order chi connectivity index (χ1) is 17.5. The number of carbonyl (C=O) groups is 1. The summed E-state index contributed by atoms with van der Waals surface area (Å²) in [7, 11) is 3.14. The molecule has 1 aromatic heterocycles. The van der Waals surface area contributed by atoms with E-state index < -0.39 is 6.04 Å². The maximum absolute atomic E-state index is 13.6. The van der Waals surface area contributed by atoms with E-state index >= 15 is 0 Å². The number of phenolic OH excluding ortho intramolecular Hbond substituents is 1. The van der Waals surface area contributed by atoms with Gasteiger partial charge in [0.15, 0.2) is 17.3 Å². The van der Waals surface area contributed by atoms with Crippen LogP contribution < -0.4 is 20.1 Å². The molecule has 9 nitrogen and oxygen atoms in total. The summed E-state index contributed by atoms with van der Waals surface area (Å²) >= 11 is 0. The van der Waals surface area contributed by atoms with Crippen LogP contribution in [0.25, 0.3) is 11.4 Å². The number of methoxy groups -OCH3 is 2. The molecule has 0 saturated carbocycles. The molecule has 0 saturated heterocycles. The highest BCUT2D eigenvalue weighted by Crippen LogP contribution is 2.39. The SMILES string of the molecule is COc1ccc(C2C(C(=O)Nc3ccccc3)=C(C)Nc3nc(-c4ccc(O)cc4)nn32)cc1OC. The first-order valence-electron chi connectivity index (χ1n) is 11.3. The molecule has 1 aliphatic rings. The Balaban J connectivity index is 1.63. The van der Waals surface area contributed by atoms with Gasteiger partial charge in [-0.05, 0) is 61.0 Å². The average Bonchev–Trinajstić information content (AvgIpc) is 3.31. The lowest BCUT2D eigenvalue weighted by Crippen LogP contribution is -2.31. The number of nitrogens with zero attached hydrogens (tertiary/aromatic N) is 3. The number of carbonyl (C=O) groups excluding carboxylic acids is 1. The summed E-state index contributed by atoms with van der Waals surface area (Å²) in [5, 5.41) is 20.6. The standard InChI is InChI=1S/C27H25N5O4/c1-16-23(26(34)29-19-7-5-4-6-8-19)24(18-11-14-21(35-2)22(15-18)36-3)32-27(28-16)30-25(31-32)17-9-12-20(33)13-10-17/h4-15,24,33H,1-3H3,(H,29,34)(H,28,30,31). The first kappa shape index (κ1) is 23.0. The maximum atomic E-state index is 13.6. The van der Waals surface area contributed by atoms with Crippen LogP contribution in [0.3, 0.4) is 0 Å². The number of para-hydroxylation sites is 1. The second-order valence-electron chi connectivity index (χ2n) is 8.25. The van der Waals surface area contributed by atoms with E-state index in [4.69, 9.17) is 14.6 Å². The molecule has 3 N–H and O–H groups in total. The summed E-state index contributed by atoms with van der Waals surface area (Å²) in [6.45, 7) is 1.84. The number of hydrogen-bond acceptors (Lipinski definition) is 7. The Labute approximate surface area is 208 Å². The van der Waals surface area contributed by atoms with Crippen molar-refractivity contribution in [2.75, 3.05) is 24.9 Å². The molecule has 36 heavy (non-hydrogen) atoms. The maximum Gasteiger partial charge on any atom is 0.255 e. The largest absolute Gasteiger partial charge is 0.508 e. The van der Waals surface area contributed by atoms with E-state index in [1.54, 1.807) is 49.2 Å². The third-order valence-corrected chi connectivity index (χ3v) is 5.98. The molecule has 3 aromatic carbocycles. The Morgan fingerprint density at radius 2 is 1.72 bits per heavy atom. The highest BCUT2D eigenvalue weighted by atomic mass is 16.5. The van der Waals surface area contributed by atoms with Gasteiger partial charge in [0.25, 0.3) is 5.91 Å². The van der Waals surface area contributed by atoms with Crippen molar-refractivity contribution in [3.05, 3.63) is 89.6 Å². The van der Waals surface area contributed by atoms with E-state index in [2.05, 4.69) is 15.6 Å². The van der Waals surface area contributed by atoms with Crippen LogP contribution in [0.4, 0.5) is 11.6 Å². The molecule has 1 amide bonds. The van der Waals surface area contributed by atoms with Crippen molar-refractivity contribution in [2.24, 2.45) is 0 Å². The van der Waals surface area contributed by atoms with Crippen LogP contribution in [0.5, 0.6) is 17.2 Å². The molecule has 0 spiro atoms. The third kappa shape index (κ3) is 4.22. The normalized spacial score (nSPS) is 14.6. The first-order valence-corrected chi connectivity index (χ1v) is 11.3. The summed E-state index contributed by atoms with van der Waals surface area (Å²) < 4.78 is 12.6. The number of hydrogen-bond donors (Lipinski definition) is 3. The average molecular weight is 484 g/mol. The Bertz CT molecular complexity index is 1450. The summed E-state index contributed by atoms with van der Waals surface area (Å²) in [5.41, 5.74) is 3.33. The molecule has 5 rings (SSSR count). The van der Waals surface area contributed by atoms with Crippen LogP contribution in [0.15, 0.2) is 84.1 Å². The van der Waals surface area contributed by atoms with Crippen molar-refractivity contribution in [3.63, 3.8) is 0 Å². The van der Waals surface area contributed by atoms with E-state index in [-0.39, 0.29) is 11.7 Å². The number of rotatable bonds is 6. The Morgan fingerprint density at radius 1 is 1.00 bits per heavy atom. The van der Waals surface area contributed by atoms with Crippen LogP contribution in [0.2, 0.25) is 0 Å². The van der Waals surface area contributed by atoms with Gasteiger partial charge in [0.1, 0.15) is 11.8 Å². The lowest BCUT2D eigenvalue weighted by molar-refractivity contribution is -0.113. The minimum absolute atomic E-state index is 0.154. The van der Waals surface area contributed by atoms with Crippen molar-refractivity contribution >= 4 is 17.5 Å². The van der Waals surface area contributed by atoms with Gasteiger partial charge in [-0.1, -0.05) is 24.3 Å². The van der Waals surface area contributed by atoms with Gasteiger partial charge in [-0.25, -0.2) is 4.68 Å². The second kappa shape index (κ2) is 9.46. The summed E-state index contributed by atoms with van der Waals surface area (Å²) in [6, 6.07) is 20.8. The number of anilines is 2. The predicted molar refractivity (Wildman–Crippen MR) is 136 cm³/mol. The van der Waals surface area contributed by atoms with Crippen molar-refractivity contribution in [2.45, 2.75) is 13.0 Å². The molecular weight excluding hydrogens is 458 g/mol. The van der Waals surface area contributed by atoms with Gasteiger partial charge < -0.3 is 25.2 Å². The summed E-state index contributed by atoms with van der Waals surface area (Å²) in [4.78, 5) is 18.3. The zero-order valence-corrected chi connectivity index (χ0v) is 20.0. The zero-order valence-electron chi connectivity index (χ0n) is 20.0. The fourth-order valence-electron chi connectivity index (χ4n) is 4.23. The molecule has 4 aromatic rings. The van der Waals surface area contributed by atoms with Crippen LogP contribution in [0, 0.1) is 0 Å². The van der Waals surface area contributed by atoms with Gasteiger partial charge in [-0.15, -0.1) is 5.10 Å². The number of allylic oxidation sites excluding steroid dienone is 1. The van der Waals surface area contributed by atoms with Crippen molar-refractivity contribution in [1.82, 2.24) is 14.8 Å². The van der Waals surface area contributed by atoms with Crippen LogP contribution in [-0.2, 0) is 4.79 Å². The number of ether oxygens (including phenoxy) is 2. The Morgan fingerprint density at radius 3 is 2.42 bits per heavy atom. The fraction of sp³-hybridized carbons (Fsp3) is 0.148. The highest BCUT2D eigenvalue weighted by Gasteiger charge is 2.35. The molecule has 0 fully saturated rings. The van der Waals surface area contributed by atoms with E-state index in [1.807, 2.05) is 49.4 Å². The van der Waals surface area contributed by atoms with Crippen LogP contribution in [0.1, 0.15) is 18.5 Å². The molecule has 0 radical (unpaired) electrons. The van der Waals surface area contributed by atoms with E-state index in [9.17, 15) is 9.90 Å². The molecule has 0 aliphatic carbocycles. The molecular formula is C27H25N5O4. The monoisotopic (exact) mass is 483 g/mol. The molecule has 0 bridgehead atoms. The summed E-state index contributed by atoms with van der Waals surface area (Å²) in [6.07, 6.45) is 0. The molecule has 2 heterocycles. The van der Waals surface area contributed by atoms with Gasteiger partial charge in [0.2, 0.25) is 5.95 Å². The fourth-order valence-corrected chi connectivity index (χ4v) is 4.23. The van der Waals surface area contributed by atoms with Crippen molar-refractivity contribution in [3.8, 4) is 28.6 Å². The van der Waals surface area contributed by atoms with Crippen LogP contribution >= 0.6 is 0 Å². The van der Waals surface area contributed by atoms with E-state index in [1.165, 1.54) is 0 Å². The lowest BCUT2D eigenvalue weighted by Gasteiger charge is -2.29. The number of aromatic nitrogens is 3. The van der Waals surface area contributed by atoms with Gasteiger partial charge in [-0.2, -0.15) is 4.98 Å². The quantitative estimate of drug-likeness (QED) is 0.368. The van der Waals surface area contributed by atoms with E-state index in [0.717, 1.165) is 11.1 Å². The number of phenols is 1. The highest BCUT2D eigenvalue weighted by molar-refractivity contribution is 6.06. The molecule has 1 atom stereocenters. The third-order valence-electron chi connectivity index (χ3n) is 5.98. The Hall–Kier alpha value is -4.79. The smallest absolute Gasteiger partial charge is 0.255 e. The Kier molecular flexibility index (Phi) is 6.03. The minimum atomic E-state index is -0.594. The van der Waals surface area contributed by atoms with Gasteiger partial charge in [0.05, 0.1) is 19.8 Å². The lowest BCUT2D eigenvalue weighted by atomic mass is 9.94. The predicted octanol–water partition coefficient (Wildman–Crippen LogP) is 4.60. The number of nitrogens with one attached hydrogen (secondary N) is 2. The van der Waals surface area contributed by atoms with Crippen molar-refractivity contribution in [1.29, 1.82) is 0 Å². The van der Waals surface area contributed by atoms with Gasteiger partial charge >= 0.3 is 0 Å². The molecule has 1 unspecified atom stereocenters. The number of benzene rings is 3. The van der Waals surface area contributed by atoms with Gasteiger partial charge in [-0.3, -0.25) is 4.79 Å². The topological polar surface area (TPSA) is 111 Å². The molecule has 1 aliphatic heterocycles. The zero-order chi connectivity index (χ0) is 25.2. The molecule has 182 valence electrons. The minimum Gasteiger partial charge on any atom is -0.508 e. The molecule has 9 heteroatoms. The van der Waals surface area contributed by atoms with Gasteiger partial charge in [0, 0.05) is 16.9 Å². The number of amides is 1. The second-order valence-corrected chi connectivity index (χ2v) is 8.25. The van der Waals surface area contributed by atoms with Crippen molar-refractivity contribution < 1.29 is 19.4 Å². The number of aromatic hydroxyl groups is 1. The van der Waals surface area contributed by atoms with E-state index in [0.29, 0.717) is 40.2 Å².